The molecule has 21 heavy (non-hydrogen) atoms. The SMILES string of the molecule is CCOC(=O)c1ccc(Oc2ccc(C#N)cc2)c(N)c1. The van der Waals surface area contributed by atoms with E-state index in [2.05, 4.69) is 0 Å². The number of nitrogens with zero attached hydrogens (tertiary/aromatic N) is 1. The molecule has 0 spiro atoms. The summed E-state index contributed by atoms with van der Waals surface area (Å²) in [5.41, 5.74) is 7.14. The van der Waals surface area contributed by atoms with E-state index in [1.807, 2.05) is 6.07 Å². The molecule has 0 bridgehead atoms. The molecule has 0 radical (unpaired) electrons. The third-order valence-corrected chi connectivity index (χ3v) is 2.73. The molecule has 2 N–H and O–H groups in total. The maximum Gasteiger partial charge on any atom is 0.338 e. The molecule has 0 aliphatic heterocycles. The summed E-state index contributed by atoms with van der Waals surface area (Å²) in [6, 6.07) is 13.4. The number of anilines is 1. The molecule has 0 fully saturated rings. The number of nitrogen functional groups attached to an aromatic ring is 1. The Morgan fingerprint density at radius 3 is 2.52 bits per heavy atom. The second kappa shape index (κ2) is 6.44. The quantitative estimate of drug-likeness (QED) is 0.688. The summed E-state index contributed by atoms with van der Waals surface area (Å²) in [5.74, 6) is 0.575. The molecule has 2 aromatic rings. The van der Waals surface area contributed by atoms with Gasteiger partial charge < -0.3 is 15.2 Å². The first kappa shape index (κ1) is 14.4. The minimum atomic E-state index is -0.422. The fraction of sp³-hybridized carbons (Fsp3) is 0.125. The van der Waals surface area contributed by atoms with Crippen molar-refractivity contribution in [3.05, 3.63) is 53.6 Å². The highest BCUT2D eigenvalue weighted by atomic mass is 16.5. The van der Waals surface area contributed by atoms with Crippen LogP contribution < -0.4 is 10.5 Å². The van der Waals surface area contributed by atoms with Crippen LogP contribution in [0.2, 0.25) is 0 Å². The summed E-state index contributed by atoms with van der Waals surface area (Å²) in [6.07, 6.45) is 0. The maximum absolute atomic E-state index is 11.6. The van der Waals surface area contributed by atoms with Gasteiger partial charge in [-0.15, -0.1) is 0 Å². The molecule has 0 unspecified atom stereocenters. The standard InChI is InChI=1S/C16H14N2O3/c1-2-20-16(19)12-5-8-15(14(18)9-12)21-13-6-3-11(10-17)4-7-13/h3-9H,2,18H2,1H3. The maximum atomic E-state index is 11.6. The Kier molecular flexibility index (Phi) is 4.42. The lowest BCUT2D eigenvalue weighted by Crippen LogP contribution is -2.05. The lowest BCUT2D eigenvalue weighted by atomic mass is 10.2. The molecule has 0 aromatic heterocycles. The molecule has 0 atom stereocenters. The molecule has 0 saturated heterocycles. The van der Waals surface area contributed by atoms with E-state index in [0.717, 1.165) is 0 Å². The monoisotopic (exact) mass is 282 g/mol. The second-order valence-electron chi connectivity index (χ2n) is 4.21. The van der Waals surface area contributed by atoms with Crippen molar-refractivity contribution in [3.8, 4) is 17.6 Å². The van der Waals surface area contributed by atoms with E-state index < -0.39 is 5.97 Å². The van der Waals surface area contributed by atoms with E-state index in [-0.39, 0.29) is 0 Å². The lowest BCUT2D eigenvalue weighted by molar-refractivity contribution is 0.0526. The third-order valence-electron chi connectivity index (χ3n) is 2.73. The normalized spacial score (nSPS) is 9.71. The van der Waals surface area contributed by atoms with Gasteiger partial charge in [0.25, 0.3) is 0 Å². The van der Waals surface area contributed by atoms with Crippen molar-refractivity contribution >= 4 is 11.7 Å². The van der Waals surface area contributed by atoms with Crippen LogP contribution in [0.25, 0.3) is 0 Å². The summed E-state index contributed by atoms with van der Waals surface area (Å²) in [7, 11) is 0. The van der Waals surface area contributed by atoms with Crippen molar-refractivity contribution in [3.63, 3.8) is 0 Å². The molecular weight excluding hydrogens is 268 g/mol. The number of rotatable bonds is 4. The molecular formula is C16H14N2O3. The first-order valence-corrected chi connectivity index (χ1v) is 6.38. The first-order valence-electron chi connectivity index (χ1n) is 6.38. The van der Waals surface area contributed by atoms with E-state index in [1.165, 1.54) is 6.07 Å². The Morgan fingerprint density at radius 2 is 1.95 bits per heavy atom. The molecule has 106 valence electrons. The van der Waals surface area contributed by atoms with E-state index >= 15 is 0 Å². The minimum Gasteiger partial charge on any atom is -0.462 e. The smallest absolute Gasteiger partial charge is 0.338 e. The molecule has 5 nitrogen and oxygen atoms in total. The van der Waals surface area contributed by atoms with Crippen LogP contribution in [0.5, 0.6) is 11.5 Å². The molecule has 0 saturated carbocycles. The van der Waals surface area contributed by atoms with Crippen LogP contribution in [-0.2, 0) is 4.74 Å². The number of nitriles is 1. The summed E-state index contributed by atoms with van der Waals surface area (Å²) in [4.78, 5) is 11.6. The average molecular weight is 282 g/mol. The van der Waals surface area contributed by atoms with E-state index in [0.29, 0.717) is 34.9 Å². The van der Waals surface area contributed by atoms with Crippen LogP contribution in [0.15, 0.2) is 42.5 Å². The van der Waals surface area contributed by atoms with Gasteiger partial charge in [0, 0.05) is 0 Å². The molecule has 0 aliphatic carbocycles. The summed E-state index contributed by atoms with van der Waals surface area (Å²) >= 11 is 0. The Balaban J connectivity index is 2.17. The molecule has 0 amide bonds. The third kappa shape index (κ3) is 3.51. The zero-order chi connectivity index (χ0) is 15.2. The largest absolute Gasteiger partial charge is 0.462 e. The van der Waals surface area contributed by atoms with Crippen LogP contribution in [-0.4, -0.2) is 12.6 Å². The van der Waals surface area contributed by atoms with Crippen molar-refractivity contribution in [1.82, 2.24) is 0 Å². The minimum absolute atomic E-state index is 0.308. The molecule has 2 rings (SSSR count). The summed E-state index contributed by atoms with van der Waals surface area (Å²) < 4.78 is 10.5. The van der Waals surface area contributed by atoms with Crippen molar-refractivity contribution in [1.29, 1.82) is 5.26 Å². The van der Waals surface area contributed by atoms with Crippen LogP contribution >= 0.6 is 0 Å². The number of benzene rings is 2. The molecule has 5 heteroatoms. The lowest BCUT2D eigenvalue weighted by Gasteiger charge is -2.10. The number of esters is 1. The summed E-state index contributed by atoms with van der Waals surface area (Å²) in [5, 5.41) is 8.73. The van der Waals surface area contributed by atoms with Crippen LogP contribution in [0.1, 0.15) is 22.8 Å². The predicted molar refractivity (Wildman–Crippen MR) is 78.0 cm³/mol. The summed E-state index contributed by atoms with van der Waals surface area (Å²) in [6.45, 7) is 2.05. The number of hydrogen-bond acceptors (Lipinski definition) is 5. The van der Waals surface area contributed by atoms with Gasteiger partial charge in [0.1, 0.15) is 11.5 Å². The molecule has 2 aromatic carbocycles. The Bertz CT molecular complexity index is 688. The Labute approximate surface area is 122 Å². The first-order chi connectivity index (χ1) is 10.1. The van der Waals surface area contributed by atoms with Gasteiger partial charge in [0.2, 0.25) is 0 Å². The molecule has 0 aliphatic rings. The highest BCUT2D eigenvalue weighted by Gasteiger charge is 2.10. The predicted octanol–water partition coefficient (Wildman–Crippen LogP) is 3.11. The van der Waals surface area contributed by atoms with Gasteiger partial charge in [-0.2, -0.15) is 5.26 Å². The zero-order valence-electron chi connectivity index (χ0n) is 11.5. The zero-order valence-corrected chi connectivity index (χ0v) is 11.5. The van der Waals surface area contributed by atoms with Gasteiger partial charge in [-0.05, 0) is 49.4 Å². The number of hydrogen-bond donors (Lipinski definition) is 1. The topological polar surface area (TPSA) is 85.3 Å². The van der Waals surface area contributed by atoms with E-state index in [9.17, 15) is 4.79 Å². The number of nitrogens with two attached hydrogens (primary N) is 1. The van der Waals surface area contributed by atoms with Gasteiger partial charge >= 0.3 is 5.97 Å². The van der Waals surface area contributed by atoms with Crippen molar-refractivity contribution < 1.29 is 14.3 Å². The number of ether oxygens (including phenoxy) is 2. The average Bonchev–Trinajstić information content (AvgIpc) is 2.50. The van der Waals surface area contributed by atoms with Crippen molar-refractivity contribution in [2.24, 2.45) is 0 Å². The molecule has 0 heterocycles. The van der Waals surface area contributed by atoms with E-state index in [4.69, 9.17) is 20.5 Å². The second-order valence-corrected chi connectivity index (χ2v) is 4.21. The fourth-order valence-electron chi connectivity index (χ4n) is 1.71. The highest BCUT2D eigenvalue weighted by Crippen LogP contribution is 2.28. The van der Waals surface area contributed by atoms with Crippen LogP contribution in [0, 0.1) is 11.3 Å². The Hall–Kier alpha value is -3.00. The van der Waals surface area contributed by atoms with Crippen LogP contribution in [0.4, 0.5) is 5.69 Å². The van der Waals surface area contributed by atoms with Gasteiger partial charge in [-0.1, -0.05) is 0 Å². The van der Waals surface area contributed by atoms with Crippen LogP contribution in [0.3, 0.4) is 0 Å². The highest BCUT2D eigenvalue weighted by molar-refractivity contribution is 5.91. The van der Waals surface area contributed by atoms with Gasteiger partial charge in [-0.25, -0.2) is 4.79 Å². The fourth-order valence-corrected chi connectivity index (χ4v) is 1.71. The van der Waals surface area contributed by atoms with Gasteiger partial charge in [-0.3, -0.25) is 0 Å². The van der Waals surface area contributed by atoms with Gasteiger partial charge in [0.15, 0.2) is 0 Å². The van der Waals surface area contributed by atoms with E-state index in [1.54, 1.807) is 43.3 Å². The van der Waals surface area contributed by atoms with Crippen molar-refractivity contribution in [2.45, 2.75) is 6.92 Å². The van der Waals surface area contributed by atoms with Gasteiger partial charge in [0.05, 0.1) is 29.5 Å². The Morgan fingerprint density at radius 1 is 1.24 bits per heavy atom. The van der Waals surface area contributed by atoms with Crippen molar-refractivity contribution in [2.75, 3.05) is 12.3 Å². The number of carbonyl (C=O) groups is 1. The number of carbonyl (C=O) groups excluding carboxylic acids is 1.